The molecule has 0 N–H and O–H groups in total. The lowest BCUT2D eigenvalue weighted by atomic mass is 10.5. The fraction of sp³-hybridized carbons (Fsp3) is 0.118. The van der Waals surface area contributed by atoms with Gasteiger partial charge in [-0.25, -0.2) is 4.39 Å². The van der Waals surface area contributed by atoms with E-state index in [1.165, 1.54) is 0 Å². The predicted octanol–water partition coefficient (Wildman–Crippen LogP) is 2.13. The zero-order valence-corrected chi connectivity index (χ0v) is 12.9. The van der Waals surface area contributed by atoms with Crippen LogP contribution in [-0.4, -0.2) is 27.8 Å². The Kier molecular flexibility index (Phi) is 4.50. The molecule has 0 spiro atoms. The maximum Gasteiger partial charge on any atom is 0.124 e. The molecule has 0 bridgehead atoms. The molecule has 110 valence electrons. The van der Waals surface area contributed by atoms with Crippen LogP contribution in [0.15, 0.2) is 73.6 Å². The van der Waals surface area contributed by atoms with Crippen LogP contribution in [0.25, 0.3) is 0 Å². The Balaban J connectivity index is 2.29. The quantitative estimate of drug-likeness (QED) is 0.678. The van der Waals surface area contributed by atoms with Crippen molar-refractivity contribution >= 4 is 23.2 Å². The van der Waals surface area contributed by atoms with E-state index in [0.717, 1.165) is 15.9 Å². The SMILES string of the molecule is [18F]CC[P+](c1ccncc1)(c1ccncc1)c1ccncc1. The second kappa shape index (κ2) is 6.71. The Morgan fingerprint density at radius 2 is 0.955 bits per heavy atom. The molecular weight excluding hydrogens is 295 g/mol. The normalized spacial score (nSPS) is 11.3. The van der Waals surface area contributed by atoms with Crippen LogP contribution < -0.4 is 15.9 Å². The number of hydrogen-bond acceptors (Lipinski definition) is 3. The second-order valence-corrected chi connectivity index (χ2v) is 8.45. The van der Waals surface area contributed by atoms with Gasteiger partial charge in [0.2, 0.25) is 0 Å². The molecule has 3 aromatic heterocycles. The summed E-state index contributed by atoms with van der Waals surface area (Å²) in [5, 5.41) is 3.37. The van der Waals surface area contributed by atoms with Crippen molar-refractivity contribution in [2.24, 2.45) is 0 Å². The lowest BCUT2D eigenvalue weighted by Crippen LogP contribution is -2.34. The molecule has 0 aliphatic carbocycles. The van der Waals surface area contributed by atoms with Gasteiger partial charge in [-0.05, 0) is 36.4 Å². The summed E-state index contributed by atoms with van der Waals surface area (Å²) in [6, 6.07) is 11.9. The molecule has 3 aromatic rings. The third-order valence-electron chi connectivity index (χ3n) is 3.73. The van der Waals surface area contributed by atoms with E-state index >= 15 is 0 Å². The summed E-state index contributed by atoms with van der Waals surface area (Å²) in [7, 11) is -2.05. The maximum atomic E-state index is 13.5. The first-order chi connectivity index (χ1) is 10.9. The molecule has 0 saturated carbocycles. The zero-order chi connectivity index (χ0) is 15.3. The molecule has 0 fully saturated rings. The molecule has 0 unspecified atom stereocenters. The summed E-state index contributed by atoms with van der Waals surface area (Å²) >= 11 is 0. The van der Waals surface area contributed by atoms with E-state index in [2.05, 4.69) is 15.0 Å². The van der Waals surface area contributed by atoms with Crippen molar-refractivity contribution < 1.29 is 4.39 Å². The van der Waals surface area contributed by atoms with E-state index in [0.29, 0.717) is 6.16 Å². The van der Waals surface area contributed by atoms with Crippen molar-refractivity contribution in [2.45, 2.75) is 0 Å². The molecule has 0 radical (unpaired) electrons. The summed E-state index contributed by atoms with van der Waals surface area (Å²) in [6.07, 6.45) is 11.1. The van der Waals surface area contributed by atoms with Gasteiger partial charge in [-0.3, -0.25) is 15.0 Å². The van der Waals surface area contributed by atoms with Crippen LogP contribution >= 0.6 is 7.26 Å². The van der Waals surface area contributed by atoms with Crippen LogP contribution in [0, 0.1) is 0 Å². The monoisotopic (exact) mass is 311 g/mol. The average Bonchev–Trinajstić information content (AvgIpc) is 2.62. The topological polar surface area (TPSA) is 38.7 Å². The highest BCUT2D eigenvalue weighted by Crippen LogP contribution is 2.54. The molecule has 0 amide bonds. The first-order valence-electron chi connectivity index (χ1n) is 7.04. The molecule has 5 heteroatoms. The lowest BCUT2D eigenvalue weighted by molar-refractivity contribution is 0.531. The van der Waals surface area contributed by atoms with Gasteiger partial charge in [-0.1, -0.05) is 0 Å². The third kappa shape index (κ3) is 2.62. The van der Waals surface area contributed by atoms with Crippen molar-refractivity contribution in [1.29, 1.82) is 0 Å². The molecule has 0 atom stereocenters. The van der Waals surface area contributed by atoms with E-state index in [9.17, 15) is 4.39 Å². The second-order valence-electron chi connectivity index (χ2n) is 4.84. The summed E-state index contributed by atoms with van der Waals surface area (Å²) in [5.41, 5.74) is 0. The highest BCUT2D eigenvalue weighted by Gasteiger charge is 2.45. The number of aromatic nitrogens is 3. The maximum absolute atomic E-state index is 13.5. The molecule has 3 rings (SSSR count). The smallest absolute Gasteiger partial charge is 0.124 e. The molecule has 0 aliphatic heterocycles. The molecule has 3 nitrogen and oxygen atoms in total. The molecule has 3 heterocycles. The number of halogens is 1. The Morgan fingerprint density at radius 1 is 0.636 bits per heavy atom. The van der Waals surface area contributed by atoms with E-state index in [-0.39, 0.29) is 6.67 Å². The van der Waals surface area contributed by atoms with E-state index in [4.69, 9.17) is 0 Å². The summed E-state index contributed by atoms with van der Waals surface area (Å²) < 4.78 is 13.5. The summed E-state index contributed by atoms with van der Waals surface area (Å²) in [5.74, 6) is 0. The minimum atomic E-state index is -2.05. The van der Waals surface area contributed by atoms with E-state index in [1.54, 1.807) is 37.2 Å². The van der Waals surface area contributed by atoms with Gasteiger partial charge in [0, 0.05) is 37.2 Å². The number of pyridine rings is 3. The molecule has 22 heavy (non-hydrogen) atoms. The van der Waals surface area contributed by atoms with Gasteiger partial charge in [0.1, 0.15) is 36.0 Å². The van der Waals surface area contributed by atoms with Gasteiger partial charge in [0.15, 0.2) is 0 Å². The highest BCUT2D eigenvalue weighted by atomic mass is 31.2. The number of hydrogen-bond donors (Lipinski definition) is 0. The van der Waals surface area contributed by atoms with Gasteiger partial charge in [0.05, 0.1) is 0 Å². The predicted molar refractivity (Wildman–Crippen MR) is 89.4 cm³/mol. The largest absolute Gasteiger partial charge is 0.264 e. The van der Waals surface area contributed by atoms with Gasteiger partial charge < -0.3 is 0 Å². The molecule has 0 aliphatic rings. The highest BCUT2D eigenvalue weighted by molar-refractivity contribution is 7.95. The summed E-state index contributed by atoms with van der Waals surface area (Å²) in [4.78, 5) is 12.3. The van der Waals surface area contributed by atoms with Gasteiger partial charge >= 0.3 is 0 Å². The van der Waals surface area contributed by atoms with Crippen LogP contribution in [-0.2, 0) is 0 Å². The molecule has 0 saturated heterocycles. The Labute approximate surface area is 129 Å². The van der Waals surface area contributed by atoms with Crippen molar-refractivity contribution in [3.63, 3.8) is 0 Å². The number of nitrogens with zero attached hydrogens (tertiary/aromatic N) is 3. The summed E-state index contributed by atoms with van der Waals surface area (Å²) in [6.45, 7) is -0.374. The van der Waals surface area contributed by atoms with Crippen molar-refractivity contribution in [3.05, 3.63) is 73.6 Å². The minimum absolute atomic E-state index is 0.374. The Hall–Kier alpha value is -2.19. The van der Waals surface area contributed by atoms with E-state index in [1.807, 2.05) is 36.4 Å². The molecular formula is C17H16FN3P+. The Bertz CT molecular complexity index is 611. The first-order valence-corrected chi connectivity index (χ1v) is 9.01. The van der Waals surface area contributed by atoms with Gasteiger partial charge in [-0.15, -0.1) is 0 Å². The van der Waals surface area contributed by atoms with Gasteiger partial charge in [0.25, 0.3) is 0 Å². The first kappa shape index (κ1) is 14.7. The lowest BCUT2D eigenvalue weighted by Gasteiger charge is -2.26. The Morgan fingerprint density at radius 3 is 1.23 bits per heavy atom. The standard InChI is InChI=1S/C17H16FN3P/c18-7-14-22(15-1-8-19-9-2-15,16-3-10-20-11-4-16)17-5-12-21-13-6-17/h1-6,8-13H,7,14H2/q+1/i18-1. The molecule has 0 aromatic carbocycles. The number of rotatable bonds is 5. The minimum Gasteiger partial charge on any atom is -0.264 e. The van der Waals surface area contributed by atoms with Crippen molar-refractivity contribution in [3.8, 4) is 0 Å². The fourth-order valence-electron chi connectivity index (χ4n) is 2.76. The van der Waals surface area contributed by atoms with Crippen molar-refractivity contribution in [2.75, 3.05) is 12.8 Å². The van der Waals surface area contributed by atoms with Gasteiger partial charge in [-0.2, -0.15) is 0 Å². The van der Waals surface area contributed by atoms with Crippen LogP contribution in [0.4, 0.5) is 4.39 Å². The third-order valence-corrected chi connectivity index (χ3v) is 8.11. The van der Waals surface area contributed by atoms with Crippen LogP contribution in [0.3, 0.4) is 0 Å². The fourth-order valence-corrected chi connectivity index (χ4v) is 6.61. The average molecular weight is 311 g/mol. The van der Waals surface area contributed by atoms with E-state index < -0.39 is 7.26 Å². The van der Waals surface area contributed by atoms with Crippen molar-refractivity contribution in [1.82, 2.24) is 15.0 Å². The van der Waals surface area contributed by atoms with Crippen LogP contribution in [0.2, 0.25) is 0 Å². The van der Waals surface area contributed by atoms with Crippen LogP contribution in [0.5, 0.6) is 0 Å². The number of alkyl halides is 1. The zero-order valence-electron chi connectivity index (χ0n) is 12.0. The van der Waals surface area contributed by atoms with Crippen LogP contribution in [0.1, 0.15) is 0 Å².